The SMILES string of the molecule is COCCn1c(SCc2cccc(OC)c2)nc2sc3c(c2c1=O)CCCC3. The number of nitrogens with zero attached hydrogens (tertiary/aromatic N) is 2. The van der Waals surface area contributed by atoms with E-state index < -0.39 is 0 Å². The highest BCUT2D eigenvalue weighted by atomic mass is 32.2. The van der Waals surface area contributed by atoms with Gasteiger partial charge in [-0.05, 0) is 48.9 Å². The number of fused-ring (bicyclic) bond motifs is 3. The second-order valence-electron chi connectivity index (χ2n) is 6.88. The van der Waals surface area contributed by atoms with Crippen LogP contribution in [0.25, 0.3) is 10.2 Å². The van der Waals surface area contributed by atoms with Crippen LogP contribution in [0, 0.1) is 0 Å². The molecule has 1 aliphatic carbocycles. The highest BCUT2D eigenvalue weighted by Gasteiger charge is 2.22. The standard InChI is InChI=1S/C21H24N2O3S2/c1-25-11-10-23-20(24)18-16-8-3-4-9-17(16)28-19(18)22-21(23)27-13-14-6-5-7-15(12-14)26-2/h5-7,12H,3-4,8-11,13H2,1-2H3. The molecule has 0 radical (unpaired) electrons. The Morgan fingerprint density at radius 2 is 2.11 bits per heavy atom. The summed E-state index contributed by atoms with van der Waals surface area (Å²) >= 11 is 3.29. The number of rotatable bonds is 7. The Kier molecular flexibility index (Phi) is 6.04. The molecule has 148 valence electrons. The largest absolute Gasteiger partial charge is 0.497 e. The van der Waals surface area contributed by atoms with E-state index in [2.05, 4.69) is 6.07 Å². The Bertz CT molecular complexity index is 1040. The van der Waals surface area contributed by atoms with Gasteiger partial charge in [-0.1, -0.05) is 23.9 Å². The van der Waals surface area contributed by atoms with E-state index in [4.69, 9.17) is 14.5 Å². The van der Waals surface area contributed by atoms with Gasteiger partial charge in [0.05, 0.1) is 25.6 Å². The molecule has 1 aliphatic rings. The molecule has 5 nitrogen and oxygen atoms in total. The first-order valence-electron chi connectivity index (χ1n) is 9.51. The second kappa shape index (κ2) is 8.68. The second-order valence-corrected chi connectivity index (χ2v) is 8.90. The van der Waals surface area contributed by atoms with Gasteiger partial charge in [-0.2, -0.15) is 0 Å². The van der Waals surface area contributed by atoms with Crippen molar-refractivity contribution in [3.63, 3.8) is 0 Å². The van der Waals surface area contributed by atoms with Gasteiger partial charge >= 0.3 is 0 Å². The summed E-state index contributed by atoms with van der Waals surface area (Å²) in [6.45, 7) is 1.01. The van der Waals surface area contributed by atoms with E-state index >= 15 is 0 Å². The van der Waals surface area contributed by atoms with Crippen LogP contribution in [0.15, 0.2) is 34.2 Å². The maximum Gasteiger partial charge on any atom is 0.263 e. The van der Waals surface area contributed by atoms with Crippen LogP contribution >= 0.6 is 23.1 Å². The van der Waals surface area contributed by atoms with Crippen molar-refractivity contribution in [1.82, 2.24) is 9.55 Å². The van der Waals surface area contributed by atoms with Gasteiger partial charge in [0.15, 0.2) is 5.16 Å². The zero-order valence-electron chi connectivity index (χ0n) is 16.2. The minimum Gasteiger partial charge on any atom is -0.497 e. The number of benzene rings is 1. The van der Waals surface area contributed by atoms with Crippen molar-refractivity contribution in [2.75, 3.05) is 20.8 Å². The quantitative estimate of drug-likeness (QED) is 0.425. The molecule has 0 bridgehead atoms. The molecule has 2 aromatic heterocycles. The summed E-state index contributed by atoms with van der Waals surface area (Å²) in [7, 11) is 3.33. The van der Waals surface area contributed by atoms with Crippen LogP contribution in [-0.4, -0.2) is 30.4 Å². The molecule has 0 saturated carbocycles. The van der Waals surface area contributed by atoms with Crippen molar-refractivity contribution in [3.8, 4) is 5.75 Å². The van der Waals surface area contributed by atoms with Crippen LogP contribution in [0.1, 0.15) is 28.8 Å². The fourth-order valence-electron chi connectivity index (χ4n) is 3.62. The van der Waals surface area contributed by atoms with Crippen LogP contribution in [0.3, 0.4) is 0 Å². The van der Waals surface area contributed by atoms with Gasteiger partial charge in [-0.3, -0.25) is 9.36 Å². The fourth-order valence-corrected chi connectivity index (χ4v) is 5.89. The van der Waals surface area contributed by atoms with Crippen molar-refractivity contribution in [1.29, 1.82) is 0 Å². The number of aryl methyl sites for hydroxylation is 2. The summed E-state index contributed by atoms with van der Waals surface area (Å²) in [6, 6.07) is 8.00. The minimum atomic E-state index is 0.0783. The van der Waals surface area contributed by atoms with Gasteiger partial charge in [0, 0.05) is 17.7 Å². The van der Waals surface area contributed by atoms with E-state index in [0.29, 0.717) is 13.2 Å². The maximum absolute atomic E-state index is 13.3. The smallest absolute Gasteiger partial charge is 0.263 e. The van der Waals surface area contributed by atoms with Crippen LogP contribution in [-0.2, 0) is 29.9 Å². The van der Waals surface area contributed by atoms with Gasteiger partial charge < -0.3 is 9.47 Å². The molecule has 4 rings (SSSR count). The number of aromatic nitrogens is 2. The Morgan fingerprint density at radius 1 is 1.25 bits per heavy atom. The molecule has 28 heavy (non-hydrogen) atoms. The van der Waals surface area contributed by atoms with E-state index in [9.17, 15) is 4.79 Å². The summed E-state index contributed by atoms with van der Waals surface area (Å²) in [6.07, 6.45) is 4.42. The van der Waals surface area contributed by atoms with E-state index in [1.807, 2.05) is 18.2 Å². The lowest BCUT2D eigenvalue weighted by molar-refractivity contribution is 0.183. The zero-order chi connectivity index (χ0) is 19.5. The van der Waals surface area contributed by atoms with Gasteiger partial charge in [0.25, 0.3) is 5.56 Å². The van der Waals surface area contributed by atoms with Gasteiger partial charge in [0.1, 0.15) is 10.6 Å². The van der Waals surface area contributed by atoms with Gasteiger partial charge in [-0.15, -0.1) is 11.3 Å². The Morgan fingerprint density at radius 3 is 2.93 bits per heavy atom. The van der Waals surface area contributed by atoms with E-state index in [-0.39, 0.29) is 5.56 Å². The van der Waals surface area contributed by atoms with Crippen LogP contribution in [0.2, 0.25) is 0 Å². The molecule has 0 N–H and O–H groups in total. The number of methoxy groups -OCH3 is 2. The fraction of sp³-hybridized carbons (Fsp3) is 0.429. The van der Waals surface area contributed by atoms with Crippen molar-refractivity contribution < 1.29 is 9.47 Å². The Balaban J connectivity index is 1.72. The van der Waals surface area contributed by atoms with Gasteiger partial charge in [0.2, 0.25) is 0 Å². The van der Waals surface area contributed by atoms with Crippen molar-refractivity contribution in [2.45, 2.75) is 43.1 Å². The van der Waals surface area contributed by atoms with Crippen molar-refractivity contribution in [3.05, 3.63) is 50.6 Å². The number of thiophene rings is 1. The first-order chi connectivity index (χ1) is 13.7. The van der Waals surface area contributed by atoms with E-state index in [1.165, 1.54) is 16.9 Å². The predicted molar refractivity (Wildman–Crippen MR) is 115 cm³/mol. The minimum absolute atomic E-state index is 0.0783. The molecule has 0 amide bonds. The predicted octanol–water partition coefficient (Wildman–Crippen LogP) is 4.28. The molecule has 1 aromatic carbocycles. The third-order valence-corrected chi connectivity index (χ3v) is 7.29. The van der Waals surface area contributed by atoms with Crippen LogP contribution in [0.5, 0.6) is 5.75 Å². The summed E-state index contributed by atoms with van der Waals surface area (Å²) in [5.74, 6) is 1.57. The summed E-state index contributed by atoms with van der Waals surface area (Å²) in [4.78, 5) is 20.5. The third-order valence-electron chi connectivity index (χ3n) is 5.06. The average Bonchev–Trinajstić information content (AvgIpc) is 3.10. The highest BCUT2D eigenvalue weighted by molar-refractivity contribution is 7.98. The number of hydrogen-bond donors (Lipinski definition) is 0. The summed E-state index contributed by atoms with van der Waals surface area (Å²) in [5, 5.41) is 1.59. The number of hydrogen-bond acceptors (Lipinski definition) is 6. The van der Waals surface area contributed by atoms with E-state index in [0.717, 1.165) is 51.7 Å². The highest BCUT2D eigenvalue weighted by Crippen LogP contribution is 2.35. The normalized spacial score (nSPS) is 13.6. The van der Waals surface area contributed by atoms with Gasteiger partial charge in [-0.25, -0.2) is 4.98 Å². The lowest BCUT2D eigenvalue weighted by Crippen LogP contribution is -2.25. The molecule has 7 heteroatoms. The molecular weight excluding hydrogens is 392 g/mol. The monoisotopic (exact) mass is 416 g/mol. The topological polar surface area (TPSA) is 53.4 Å². The lowest BCUT2D eigenvalue weighted by Gasteiger charge is -2.13. The zero-order valence-corrected chi connectivity index (χ0v) is 17.8. The number of ether oxygens (including phenoxy) is 2. The third kappa shape index (κ3) is 3.83. The molecule has 0 fully saturated rings. The lowest BCUT2D eigenvalue weighted by atomic mass is 9.97. The van der Waals surface area contributed by atoms with Crippen molar-refractivity contribution >= 4 is 33.3 Å². The molecule has 0 aliphatic heterocycles. The average molecular weight is 417 g/mol. The molecule has 0 atom stereocenters. The molecule has 0 saturated heterocycles. The molecule has 3 aromatic rings. The van der Waals surface area contributed by atoms with Crippen LogP contribution < -0.4 is 10.3 Å². The number of thioether (sulfide) groups is 1. The Labute approximate surface area is 172 Å². The summed E-state index contributed by atoms with van der Waals surface area (Å²) in [5.41, 5.74) is 2.45. The maximum atomic E-state index is 13.3. The molecule has 0 unspecified atom stereocenters. The van der Waals surface area contributed by atoms with Crippen LogP contribution in [0.4, 0.5) is 0 Å². The Hall–Kier alpha value is -1.83. The molecule has 0 spiro atoms. The molecular formula is C21H24N2O3S2. The first kappa shape index (κ1) is 19.5. The molecule has 2 heterocycles. The van der Waals surface area contributed by atoms with Crippen molar-refractivity contribution in [2.24, 2.45) is 0 Å². The van der Waals surface area contributed by atoms with E-state index in [1.54, 1.807) is 41.9 Å². The first-order valence-corrected chi connectivity index (χ1v) is 11.3. The summed E-state index contributed by atoms with van der Waals surface area (Å²) < 4.78 is 12.3.